The summed E-state index contributed by atoms with van der Waals surface area (Å²) in [5.74, 6) is 0.297. The van der Waals surface area contributed by atoms with E-state index in [1.54, 1.807) is 24.0 Å². The molecule has 27 heavy (non-hydrogen) atoms. The average Bonchev–Trinajstić information content (AvgIpc) is 3.23. The lowest BCUT2D eigenvalue weighted by molar-refractivity contribution is -0.121. The average molecular weight is 364 g/mol. The number of nitrogens with zero attached hydrogens (tertiary/aromatic N) is 3. The molecule has 0 aliphatic carbocycles. The Hall–Kier alpha value is -3.35. The molecule has 0 spiro atoms. The first-order valence-corrected chi connectivity index (χ1v) is 8.89. The van der Waals surface area contributed by atoms with Crippen LogP contribution in [-0.2, 0) is 11.2 Å². The van der Waals surface area contributed by atoms with E-state index in [4.69, 9.17) is 10.2 Å². The standard InChI is InChI=1S/C20H20N4O3/c1-13(19(25)23-10-4-7-14-6-2-3-8-17(14)23)24-20(26)15(21)12-16(22-24)18-9-5-11-27-18/h2-3,5-6,8-9,11-13H,4,7,10,21H2,1H3. The summed E-state index contributed by atoms with van der Waals surface area (Å²) in [4.78, 5) is 27.5. The van der Waals surface area contributed by atoms with Gasteiger partial charge in [-0.1, -0.05) is 18.2 Å². The van der Waals surface area contributed by atoms with E-state index in [0.717, 1.165) is 28.8 Å². The molecule has 1 aliphatic heterocycles. The lowest BCUT2D eigenvalue weighted by atomic mass is 10.0. The van der Waals surface area contributed by atoms with E-state index in [2.05, 4.69) is 5.10 Å². The summed E-state index contributed by atoms with van der Waals surface area (Å²) in [6, 6.07) is 12.0. The van der Waals surface area contributed by atoms with Crippen molar-refractivity contribution in [3.63, 3.8) is 0 Å². The normalized spacial score (nSPS) is 14.6. The summed E-state index contributed by atoms with van der Waals surface area (Å²) in [6.07, 6.45) is 3.34. The van der Waals surface area contributed by atoms with Crippen molar-refractivity contribution in [3.8, 4) is 11.5 Å². The summed E-state index contributed by atoms with van der Waals surface area (Å²) in [7, 11) is 0. The number of anilines is 2. The maximum Gasteiger partial charge on any atom is 0.290 e. The molecule has 0 saturated heterocycles. The Labute approximate surface area is 156 Å². The van der Waals surface area contributed by atoms with E-state index in [1.165, 1.54) is 12.3 Å². The van der Waals surface area contributed by atoms with E-state index < -0.39 is 11.6 Å². The van der Waals surface area contributed by atoms with Gasteiger partial charge in [0.25, 0.3) is 11.5 Å². The Morgan fingerprint density at radius 3 is 2.85 bits per heavy atom. The first-order valence-electron chi connectivity index (χ1n) is 8.89. The van der Waals surface area contributed by atoms with Crippen LogP contribution in [0, 0.1) is 0 Å². The van der Waals surface area contributed by atoms with Gasteiger partial charge < -0.3 is 15.1 Å². The molecular weight excluding hydrogens is 344 g/mol. The van der Waals surface area contributed by atoms with Gasteiger partial charge in [0.1, 0.15) is 17.4 Å². The molecule has 0 fully saturated rings. The van der Waals surface area contributed by atoms with Crippen LogP contribution in [0.15, 0.2) is 57.9 Å². The van der Waals surface area contributed by atoms with Crippen LogP contribution in [0.3, 0.4) is 0 Å². The molecule has 7 heteroatoms. The van der Waals surface area contributed by atoms with Crippen LogP contribution < -0.4 is 16.2 Å². The number of rotatable bonds is 3. The zero-order valence-corrected chi connectivity index (χ0v) is 15.0. The number of furan rings is 1. The van der Waals surface area contributed by atoms with Crippen molar-refractivity contribution in [2.24, 2.45) is 0 Å². The number of carbonyl (C=O) groups is 1. The Balaban J connectivity index is 1.72. The Morgan fingerprint density at radius 2 is 2.07 bits per heavy atom. The fourth-order valence-electron chi connectivity index (χ4n) is 3.43. The zero-order chi connectivity index (χ0) is 19.0. The third-order valence-electron chi connectivity index (χ3n) is 4.84. The summed E-state index contributed by atoms with van der Waals surface area (Å²) >= 11 is 0. The number of benzene rings is 1. The largest absolute Gasteiger partial charge is 0.463 e. The van der Waals surface area contributed by atoms with Gasteiger partial charge in [-0.15, -0.1) is 0 Å². The molecule has 1 amide bonds. The van der Waals surface area contributed by atoms with Crippen molar-refractivity contribution >= 4 is 17.3 Å². The number of aromatic nitrogens is 2. The number of amides is 1. The number of nitrogens with two attached hydrogens (primary N) is 1. The number of fused-ring (bicyclic) bond motifs is 1. The first-order chi connectivity index (χ1) is 13.1. The number of hydrogen-bond donors (Lipinski definition) is 1. The highest BCUT2D eigenvalue weighted by atomic mass is 16.3. The fourth-order valence-corrected chi connectivity index (χ4v) is 3.43. The molecule has 1 aliphatic rings. The van der Waals surface area contributed by atoms with E-state index in [9.17, 15) is 9.59 Å². The molecule has 3 aromatic rings. The number of aryl methyl sites for hydroxylation is 1. The number of hydrogen-bond acceptors (Lipinski definition) is 5. The molecule has 7 nitrogen and oxygen atoms in total. The molecule has 2 N–H and O–H groups in total. The summed E-state index contributed by atoms with van der Waals surface area (Å²) in [6.45, 7) is 2.28. The summed E-state index contributed by atoms with van der Waals surface area (Å²) < 4.78 is 6.49. The van der Waals surface area contributed by atoms with Crippen molar-refractivity contribution in [1.29, 1.82) is 0 Å². The molecule has 1 unspecified atom stereocenters. The second-order valence-electron chi connectivity index (χ2n) is 6.61. The van der Waals surface area contributed by atoms with Crippen LogP contribution in [0.25, 0.3) is 11.5 Å². The maximum absolute atomic E-state index is 13.2. The minimum absolute atomic E-state index is 0.0232. The molecule has 2 aromatic heterocycles. The lowest BCUT2D eigenvalue weighted by Crippen LogP contribution is -2.43. The molecule has 1 atom stereocenters. The smallest absolute Gasteiger partial charge is 0.290 e. The third-order valence-corrected chi connectivity index (χ3v) is 4.84. The molecule has 138 valence electrons. The molecule has 0 saturated carbocycles. The maximum atomic E-state index is 13.2. The van der Waals surface area contributed by atoms with Gasteiger partial charge in [-0.3, -0.25) is 9.59 Å². The number of carbonyl (C=O) groups excluding carboxylic acids is 1. The second kappa shape index (κ2) is 6.75. The van der Waals surface area contributed by atoms with Crippen LogP contribution in [-0.4, -0.2) is 22.2 Å². The Bertz CT molecular complexity index is 1040. The van der Waals surface area contributed by atoms with Crippen molar-refractivity contribution in [2.45, 2.75) is 25.8 Å². The molecule has 3 heterocycles. The first kappa shape index (κ1) is 17.1. The van der Waals surface area contributed by atoms with Gasteiger partial charge >= 0.3 is 0 Å². The second-order valence-corrected chi connectivity index (χ2v) is 6.61. The minimum atomic E-state index is -0.791. The monoisotopic (exact) mass is 364 g/mol. The van der Waals surface area contributed by atoms with Crippen molar-refractivity contribution in [1.82, 2.24) is 9.78 Å². The van der Waals surface area contributed by atoms with E-state index in [1.807, 2.05) is 24.3 Å². The van der Waals surface area contributed by atoms with Gasteiger partial charge in [-0.05, 0) is 49.6 Å². The van der Waals surface area contributed by atoms with Gasteiger partial charge in [0.2, 0.25) is 0 Å². The number of para-hydroxylation sites is 1. The fraction of sp³-hybridized carbons (Fsp3) is 0.250. The van der Waals surface area contributed by atoms with E-state index in [0.29, 0.717) is 18.0 Å². The van der Waals surface area contributed by atoms with Gasteiger partial charge in [-0.25, -0.2) is 4.68 Å². The topological polar surface area (TPSA) is 94.4 Å². The Morgan fingerprint density at radius 1 is 1.26 bits per heavy atom. The van der Waals surface area contributed by atoms with Gasteiger partial charge in [0.15, 0.2) is 5.76 Å². The van der Waals surface area contributed by atoms with Crippen molar-refractivity contribution < 1.29 is 9.21 Å². The van der Waals surface area contributed by atoms with Crippen LogP contribution in [0.4, 0.5) is 11.4 Å². The molecule has 0 radical (unpaired) electrons. The van der Waals surface area contributed by atoms with Crippen LogP contribution in [0.1, 0.15) is 24.9 Å². The lowest BCUT2D eigenvalue weighted by Gasteiger charge is -2.31. The Kier molecular flexibility index (Phi) is 4.27. The highest BCUT2D eigenvalue weighted by Crippen LogP contribution is 2.28. The van der Waals surface area contributed by atoms with E-state index >= 15 is 0 Å². The number of nitrogen functional groups attached to an aromatic ring is 1. The predicted molar refractivity (Wildman–Crippen MR) is 102 cm³/mol. The van der Waals surface area contributed by atoms with Gasteiger partial charge in [-0.2, -0.15) is 5.10 Å². The van der Waals surface area contributed by atoms with Gasteiger partial charge in [0.05, 0.1) is 6.26 Å². The zero-order valence-electron chi connectivity index (χ0n) is 15.0. The molecule has 0 bridgehead atoms. The molecule has 4 rings (SSSR count). The van der Waals surface area contributed by atoms with Crippen LogP contribution in [0.5, 0.6) is 0 Å². The quantitative estimate of drug-likeness (QED) is 0.771. The SMILES string of the molecule is CC(C(=O)N1CCCc2ccccc21)n1nc(-c2ccco2)cc(N)c1=O. The summed E-state index contributed by atoms with van der Waals surface area (Å²) in [5, 5.41) is 4.33. The van der Waals surface area contributed by atoms with Gasteiger partial charge in [0, 0.05) is 12.2 Å². The van der Waals surface area contributed by atoms with Crippen molar-refractivity contribution in [3.05, 3.63) is 64.6 Å². The predicted octanol–water partition coefficient (Wildman–Crippen LogP) is 2.63. The minimum Gasteiger partial charge on any atom is -0.463 e. The molecular formula is C20H20N4O3. The highest BCUT2D eigenvalue weighted by Gasteiger charge is 2.29. The van der Waals surface area contributed by atoms with Crippen LogP contribution >= 0.6 is 0 Å². The van der Waals surface area contributed by atoms with E-state index in [-0.39, 0.29) is 11.6 Å². The van der Waals surface area contributed by atoms with Crippen LogP contribution in [0.2, 0.25) is 0 Å². The summed E-state index contributed by atoms with van der Waals surface area (Å²) in [5.41, 5.74) is 7.85. The highest BCUT2D eigenvalue weighted by molar-refractivity contribution is 5.97. The molecule has 1 aromatic carbocycles. The van der Waals surface area contributed by atoms with Crippen molar-refractivity contribution in [2.75, 3.05) is 17.2 Å². The third kappa shape index (κ3) is 3.01.